The maximum absolute atomic E-state index is 13.1. The zero-order chi connectivity index (χ0) is 14.7. The van der Waals surface area contributed by atoms with E-state index < -0.39 is 21.4 Å². The average Bonchev–Trinajstić information content (AvgIpc) is 2.39. The van der Waals surface area contributed by atoms with Gasteiger partial charge in [0.05, 0.1) is 9.37 Å². The van der Waals surface area contributed by atoms with Gasteiger partial charge in [-0.1, -0.05) is 13.8 Å². The summed E-state index contributed by atoms with van der Waals surface area (Å²) in [5.41, 5.74) is 5.47. The van der Waals surface area contributed by atoms with E-state index in [0.29, 0.717) is 12.8 Å². The molecule has 0 heterocycles. The van der Waals surface area contributed by atoms with Crippen molar-refractivity contribution < 1.29 is 12.8 Å². The average molecular weight is 353 g/mol. The Labute approximate surface area is 121 Å². The zero-order valence-corrected chi connectivity index (χ0v) is 13.3. The highest BCUT2D eigenvalue weighted by molar-refractivity contribution is 9.10. The fourth-order valence-corrected chi connectivity index (χ4v) is 3.16. The number of halogens is 2. The van der Waals surface area contributed by atoms with Crippen LogP contribution in [0.3, 0.4) is 0 Å². The smallest absolute Gasteiger partial charge is 0.240 e. The van der Waals surface area contributed by atoms with E-state index in [0.717, 1.165) is 6.07 Å². The molecular formula is C12H18BrFN2O2S. The summed E-state index contributed by atoms with van der Waals surface area (Å²) in [5.74, 6) is -0.505. The highest BCUT2D eigenvalue weighted by Gasteiger charge is 2.24. The summed E-state index contributed by atoms with van der Waals surface area (Å²) in [6.45, 7) is 3.97. The summed E-state index contributed by atoms with van der Waals surface area (Å²) < 4.78 is 39.8. The van der Waals surface area contributed by atoms with E-state index in [1.165, 1.54) is 12.1 Å². The van der Waals surface area contributed by atoms with Crippen LogP contribution in [0.4, 0.5) is 4.39 Å². The summed E-state index contributed by atoms with van der Waals surface area (Å²) in [6.07, 6.45) is 1.33. The Morgan fingerprint density at radius 1 is 1.37 bits per heavy atom. The van der Waals surface area contributed by atoms with Gasteiger partial charge in [0.1, 0.15) is 5.82 Å². The van der Waals surface area contributed by atoms with Gasteiger partial charge in [-0.05, 0) is 47.0 Å². The maximum Gasteiger partial charge on any atom is 0.240 e. The van der Waals surface area contributed by atoms with Crippen LogP contribution in [-0.2, 0) is 10.0 Å². The molecule has 1 aromatic carbocycles. The highest BCUT2D eigenvalue weighted by atomic mass is 79.9. The largest absolute Gasteiger partial charge is 0.324 e. The Morgan fingerprint density at radius 3 is 2.42 bits per heavy atom. The lowest BCUT2D eigenvalue weighted by atomic mass is 9.95. The SMILES string of the molecule is CCC(N)(CC)CNS(=O)(=O)c1ccc(F)c(Br)c1. The molecule has 0 bridgehead atoms. The molecule has 0 radical (unpaired) electrons. The Hall–Kier alpha value is -0.500. The third kappa shape index (κ3) is 4.24. The van der Waals surface area contributed by atoms with Crippen molar-refractivity contribution in [1.82, 2.24) is 4.72 Å². The molecule has 0 amide bonds. The van der Waals surface area contributed by atoms with Crippen LogP contribution in [0.15, 0.2) is 27.6 Å². The predicted molar refractivity (Wildman–Crippen MR) is 76.8 cm³/mol. The first-order valence-electron chi connectivity index (χ1n) is 5.97. The van der Waals surface area contributed by atoms with Crippen LogP contribution in [0.2, 0.25) is 0 Å². The van der Waals surface area contributed by atoms with Crippen molar-refractivity contribution in [2.45, 2.75) is 37.1 Å². The van der Waals surface area contributed by atoms with Gasteiger partial charge in [-0.25, -0.2) is 17.5 Å². The monoisotopic (exact) mass is 352 g/mol. The molecule has 0 unspecified atom stereocenters. The van der Waals surface area contributed by atoms with Gasteiger partial charge in [-0.3, -0.25) is 0 Å². The van der Waals surface area contributed by atoms with Crippen molar-refractivity contribution in [3.8, 4) is 0 Å². The Kier molecular flexibility index (Phi) is 5.49. The Balaban J connectivity index is 2.90. The second kappa shape index (κ2) is 6.30. The minimum Gasteiger partial charge on any atom is -0.324 e. The van der Waals surface area contributed by atoms with Gasteiger partial charge in [-0.2, -0.15) is 0 Å². The van der Waals surface area contributed by atoms with Crippen LogP contribution in [-0.4, -0.2) is 20.5 Å². The van der Waals surface area contributed by atoms with Crippen molar-refractivity contribution in [2.24, 2.45) is 5.73 Å². The summed E-state index contributed by atoms with van der Waals surface area (Å²) in [6, 6.07) is 3.56. The third-order valence-corrected chi connectivity index (χ3v) is 5.23. The van der Waals surface area contributed by atoms with Gasteiger partial charge < -0.3 is 5.73 Å². The van der Waals surface area contributed by atoms with E-state index in [4.69, 9.17) is 5.73 Å². The van der Waals surface area contributed by atoms with Gasteiger partial charge in [-0.15, -0.1) is 0 Å². The third-order valence-electron chi connectivity index (χ3n) is 3.22. The first-order valence-corrected chi connectivity index (χ1v) is 8.25. The number of hydrogen-bond donors (Lipinski definition) is 2. The van der Waals surface area contributed by atoms with E-state index in [-0.39, 0.29) is 15.9 Å². The lowest BCUT2D eigenvalue weighted by molar-refractivity contribution is 0.391. The predicted octanol–water partition coefficient (Wildman–Crippen LogP) is 2.38. The number of hydrogen-bond acceptors (Lipinski definition) is 3. The van der Waals surface area contributed by atoms with Gasteiger partial charge >= 0.3 is 0 Å². The zero-order valence-electron chi connectivity index (χ0n) is 10.9. The Bertz CT molecular complexity index is 545. The molecule has 1 rings (SSSR count). The molecule has 108 valence electrons. The van der Waals surface area contributed by atoms with Gasteiger partial charge in [0.15, 0.2) is 0 Å². The number of nitrogens with two attached hydrogens (primary N) is 1. The fourth-order valence-electron chi connectivity index (χ4n) is 1.47. The standard InChI is InChI=1S/C12H18BrFN2O2S/c1-3-12(15,4-2)8-16-19(17,18)9-5-6-11(14)10(13)7-9/h5-7,16H,3-4,8,15H2,1-2H3. The van der Waals surface area contributed by atoms with E-state index in [2.05, 4.69) is 20.7 Å². The molecule has 0 aliphatic carbocycles. The first-order chi connectivity index (χ1) is 8.74. The molecule has 0 atom stereocenters. The molecule has 7 heteroatoms. The fraction of sp³-hybridized carbons (Fsp3) is 0.500. The normalized spacial score (nSPS) is 12.7. The summed E-state index contributed by atoms with van der Waals surface area (Å²) in [5, 5.41) is 0. The van der Waals surface area contributed by atoms with Crippen LogP contribution in [0.1, 0.15) is 26.7 Å². The quantitative estimate of drug-likeness (QED) is 0.825. The molecule has 0 aliphatic rings. The molecule has 4 nitrogen and oxygen atoms in total. The molecule has 0 aromatic heterocycles. The van der Waals surface area contributed by atoms with Gasteiger partial charge in [0, 0.05) is 12.1 Å². The first kappa shape index (κ1) is 16.6. The van der Waals surface area contributed by atoms with Gasteiger partial charge in [0.2, 0.25) is 10.0 Å². The summed E-state index contributed by atoms with van der Waals surface area (Å²) in [7, 11) is -3.68. The van der Waals surface area contributed by atoms with Gasteiger partial charge in [0.25, 0.3) is 0 Å². The minimum absolute atomic E-state index is 0.00957. The van der Waals surface area contributed by atoms with E-state index in [1.807, 2.05) is 13.8 Å². The van der Waals surface area contributed by atoms with Crippen LogP contribution < -0.4 is 10.5 Å². The molecule has 19 heavy (non-hydrogen) atoms. The molecule has 0 fully saturated rings. The minimum atomic E-state index is -3.68. The Morgan fingerprint density at radius 2 is 1.95 bits per heavy atom. The molecule has 1 aromatic rings. The van der Waals surface area contributed by atoms with Crippen LogP contribution in [0, 0.1) is 5.82 Å². The molecule has 0 saturated heterocycles. The molecular weight excluding hydrogens is 335 g/mol. The van der Waals surface area contributed by atoms with Crippen molar-refractivity contribution in [3.05, 3.63) is 28.5 Å². The maximum atomic E-state index is 13.1. The van der Waals surface area contributed by atoms with E-state index >= 15 is 0 Å². The molecule has 0 saturated carbocycles. The topological polar surface area (TPSA) is 72.2 Å². The molecule has 0 aliphatic heterocycles. The number of rotatable bonds is 6. The number of sulfonamides is 1. The van der Waals surface area contributed by atoms with Crippen LogP contribution in [0.5, 0.6) is 0 Å². The van der Waals surface area contributed by atoms with Crippen molar-refractivity contribution in [3.63, 3.8) is 0 Å². The molecule has 0 spiro atoms. The van der Waals surface area contributed by atoms with E-state index in [9.17, 15) is 12.8 Å². The lowest BCUT2D eigenvalue weighted by Crippen LogP contribution is -2.49. The second-order valence-corrected chi connectivity index (χ2v) is 7.09. The highest BCUT2D eigenvalue weighted by Crippen LogP contribution is 2.20. The summed E-state index contributed by atoms with van der Waals surface area (Å²) >= 11 is 2.96. The summed E-state index contributed by atoms with van der Waals surface area (Å²) in [4.78, 5) is 0.00957. The number of nitrogens with one attached hydrogen (secondary N) is 1. The molecule has 3 N–H and O–H groups in total. The van der Waals surface area contributed by atoms with Crippen molar-refractivity contribution in [1.29, 1.82) is 0 Å². The van der Waals surface area contributed by atoms with Crippen LogP contribution in [0.25, 0.3) is 0 Å². The number of benzene rings is 1. The van der Waals surface area contributed by atoms with E-state index in [1.54, 1.807) is 0 Å². The van der Waals surface area contributed by atoms with Crippen LogP contribution >= 0.6 is 15.9 Å². The second-order valence-electron chi connectivity index (χ2n) is 4.47. The lowest BCUT2D eigenvalue weighted by Gasteiger charge is -2.26. The van der Waals surface area contributed by atoms with Crippen molar-refractivity contribution >= 4 is 26.0 Å². The van der Waals surface area contributed by atoms with Crippen molar-refractivity contribution in [2.75, 3.05) is 6.54 Å².